The fourth-order valence-electron chi connectivity index (χ4n) is 1.76. The molecule has 0 N–H and O–H groups in total. The number of hydrogen-bond donors (Lipinski definition) is 0. The third-order valence-corrected chi connectivity index (χ3v) is 4.81. The van der Waals surface area contributed by atoms with Gasteiger partial charge in [0.05, 0.1) is 15.4 Å². The van der Waals surface area contributed by atoms with E-state index in [1.54, 1.807) is 22.7 Å². The maximum Gasteiger partial charge on any atom is 0.134 e. The lowest BCUT2D eigenvalue weighted by atomic mass is 10.2. The molecule has 0 aliphatic heterocycles. The molecule has 0 radical (unpaired) electrons. The summed E-state index contributed by atoms with van der Waals surface area (Å²) in [5, 5.41) is 3.21. The molecule has 0 saturated heterocycles. The number of benzene rings is 1. The van der Waals surface area contributed by atoms with Gasteiger partial charge >= 0.3 is 0 Å². The van der Waals surface area contributed by atoms with Crippen molar-refractivity contribution in [3.63, 3.8) is 0 Å². The Bertz CT molecular complexity index is 609. The zero-order valence-electron chi connectivity index (χ0n) is 9.38. The summed E-state index contributed by atoms with van der Waals surface area (Å²) in [6.45, 7) is 2.08. The van der Waals surface area contributed by atoms with E-state index in [1.807, 2.05) is 6.07 Å². The Morgan fingerprint density at radius 3 is 2.53 bits per heavy atom. The summed E-state index contributed by atoms with van der Waals surface area (Å²) in [6.07, 6.45) is 0. The van der Waals surface area contributed by atoms with Crippen LogP contribution in [0.3, 0.4) is 0 Å². The lowest BCUT2D eigenvalue weighted by Gasteiger charge is -1.96. The third-order valence-electron chi connectivity index (χ3n) is 2.56. The lowest BCUT2D eigenvalue weighted by Crippen LogP contribution is -1.76. The molecule has 0 fully saturated rings. The highest BCUT2D eigenvalue weighted by Gasteiger charge is 2.11. The standard InChI is InChI=1S/C14H11NS2/c1-10-13(11-6-3-2-4-7-11)17-14(15-10)12-8-5-9-16-12/h2-9H,1H3. The minimum Gasteiger partial charge on any atom is -0.240 e. The van der Waals surface area contributed by atoms with Crippen LogP contribution in [0.2, 0.25) is 0 Å². The van der Waals surface area contributed by atoms with Crippen molar-refractivity contribution >= 4 is 22.7 Å². The van der Waals surface area contributed by atoms with Gasteiger partial charge in [-0.1, -0.05) is 36.4 Å². The molecule has 2 heterocycles. The summed E-state index contributed by atoms with van der Waals surface area (Å²) in [6, 6.07) is 14.6. The number of thiophene rings is 1. The largest absolute Gasteiger partial charge is 0.240 e. The van der Waals surface area contributed by atoms with Crippen molar-refractivity contribution < 1.29 is 0 Å². The van der Waals surface area contributed by atoms with Gasteiger partial charge in [-0.05, 0) is 23.9 Å². The number of aryl methyl sites for hydroxylation is 1. The molecule has 0 amide bonds. The van der Waals surface area contributed by atoms with Crippen LogP contribution in [0.4, 0.5) is 0 Å². The molecular weight excluding hydrogens is 246 g/mol. The second-order valence-electron chi connectivity index (χ2n) is 3.78. The summed E-state index contributed by atoms with van der Waals surface area (Å²) in [5.41, 5.74) is 2.37. The number of aromatic nitrogens is 1. The highest BCUT2D eigenvalue weighted by Crippen LogP contribution is 2.36. The molecule has 0 unspecified atom stereocenters. The van der Waals surface area contributed by atoms with Crippen molar-refractivity contribution in [3.05, 3.63) is 53.5 Å². The van der Waals surface area contributed by atoms with E-state index in [0.29, 0.717) is 0 Å². The topological polar surface area (TPSA) is 12.9 Å². The van der Waals surface area contributed by atoms with Gasteiger partial charge in [0.2, 0.25) is 0 Å². The first-order valence-corrected chi connectivity index (χ1v) is 7.11. The van der Waals surface area contributed by atoms with E-state index < -0.39 is 0 Å². The Kier molecular flexibility index (Phi) is 2.79. The summed E-state index contributed by atoms with van der Waals surface area (Å²) in [5.74, 6) is 0. The second kappa shape index (κ2) is 4.43. The molecule has 3 aromatic rings. The Morgan fingerprint density at radius 1 is 1.00 bits per heavy atom. The number of rotatable bonds is 2. The van der Waals surface area contributed by atoms with E-state index in [2.05, 4.69) is 53.7 Å². The van der Waals surface area contributed by atoms with Crippen molar-refractivity contribution in [3.8, 4) is 20.3 Å². The number of nitrogens with zero attached hydrogens (tertiary/aromatic N) is 1. The van der Waals surface area contributed by atoms with Crippen molar-refractivity contribution in [2.24, 2.45) is 0 Å². The van der Waals surface area contributed by atoms with Crippen LogP contribution in [-0.4, -0.2) is 4.98 Å². The molecule has 1 aromatic carbocycles. The van der Waals surface area contributed by atoms with E-state index in [1.165, 1.54) is 15.3 Å². The van der Waals surface area contributed by atoms with Gasteiger partial charge in [-0.2, -0.15) is 0 Å². The van der Waals surface area contributed by atoms with Gasteiger partial charge in [0, 0.05) is 0 Å². The summed E-state index contributed by atoms with van der Waals surface area (Å²) in [7, 11) is 0. The first-order chi connectivity index (χ1) is 8.34. The van der Waals surface area contributed by atoms with Gasteiger partial charge in [-0.15, -0.1) is 22.7 Å². The SMILES string of the molecule is Cc1nc(-c2cccs2)sc1-c1ccccc1. The Labute approximate surface area is 108 Å². The second-order valence-corrected chi connectivity index (χ2v) is 5.72. The zero-order chi connectivity index (χ0) is 11.7. The van der Waals surface area contributed by atoms with E-state index in [0.717, 1.165) is 10.7 Å². The average molecular weight is 257 g/mol. The van der Waals surface area contributed by atoms with Crippen LogP contribution in [-0.2, 0) is 0 Å². The predicted octanol–water partition coefficient (Wildman–Crippen LogP) is 4.85. The normalized spacial score (nSPS) is 10.6. The fraction of sp³-hybridized carbons (Fsp3) is 0.0714. The van der Waals surface area contributed by atoms with Crippen LogP contribution >= 0.6 is 22.7 Å². The van der Waals surface area contributed by atoms with Gasteiger partial charge < -0.3 is 0 Å². The quantitative estimate of drug-likeness (QED) is 0.639. The number of hydrogen-bond acceptors (Lipinski definition) is 3. The Morgan fingerprint density at radius 2 is 1.82 bits per heavy atom. The van der Waals surface area contributed by atoms with E-state index in [-0.39, 0.29) is 0 Å². The molecular formula is C14H11NS2. The van der Waals surface area contributed by atoms with Gasteiger partial charge in [0.1, 0.15) is 5.01 Å². The smallest absolute Gasteiger partial charge is 0.134 e. The first-order valence-electron chi connectivity index (χ1n) is 5.41. The predicted molar refractivity (Wildman–Crippen MR) is 75.6 cm³/mol. The van der Waals surface area contributed by atoms with Crippen LogP contribution in [0.25, 0.3) is 20.3 Å². The molecule has 1 nitrogen and oxygen atoms in total. The van der Waals surface area contributed by atoms with Crippen molar-refractivity contribution in [1.82, 2.24) is 4.98 Å². The Hall–Kier alpha value is -1.45. The van der Waals surface area contributed by atoms with Crippen LogP contribution in [0.15, 0.2) is 47.8 Å². The highest BCUT2D eigenvalue weighted by atomic mass is 32.1. The molecule has 84 valence electrons. The maximum atomic E-state index is 4.66. The van der Waals surface area contributed by atoms with Gasteiger partial charge in [0.25, 0.3) is 0 Å². The molecule has 0 atom stereocenters. The first kappa shape index (κ1) is 10.7. The molecule has 0 spiro atoms. The van der Waals surface area contributed by atoms with Crippen molar-refractivity contribution in [2.45, 2.75) is 6.92 Å². The molecule has 3 rings (SSSR count). The van der Waals surface area contributed by atoms with Gasteiger partial charge in [0.15, 0.2) is 0 Å². The van der Waals surface area contributed by atoms with E-state index in [4.69, 9.17) is 0 Å². The monoisotopic (exact) mass is 257 g/mol. The highest BCUT2D eigenvalue weighted by molar-refractivity contribution is 7.23. The van der Waals surface area contributed by atoms with E-state index >= 15 is 0 Å². The molecule has 2 aromatic heterocycles. The minimum absolute atomic E-state index is 1.12. The lowest BCUT2D eigenvalue weighted by molar-refractivity contribution is 1.27. The van der Waals surface area contributed by atoms with Crippen molar-refractivity contribution in [1.29, 1.82) is 0 Å². The molecule has 0 bridgehead atoms. The molecule has 0 aliphatic carbocycles. The van der Waals surface area contributed by atoms with Crippen LogP contribution in [0.1, 0.15) is 5.69 Å². The minimum atomic E-state index is 1.12. The maximum absolute atomic E-state index is 4.66. The molecule has 0 saturated carbocycles. The summed E-state index contributed by atoms with van der Waals surface area (Å²) >= 11 is 3.51. The van der Waals surface area contributed by atoms with Crippen LogP contribution < -0.4 is 0 Å². The zero-order valence-corrected chi connectivity index (χ0v) is 11.0. The van der Waals surface area contributed by atoms with Gasteiger partial charge in [-0.25, -0.2) is 4.98 Å². The van der Waals surface area contributed by atoms with E-state index in [9.17, 15) is 0 Å². The molecule has 3 heteroatoms. The summed E-state index contributed by atoms with van der Waals surface area (Å²) < 4.78 is 0. The summed E-state index contributed by atoms with van der Waals surface area (Å²) in [4.78, 5) is 7.18. The Balaban J connectivity index is 2.08. The van der Waals surface area contributed by atoms with Gasteiger partial charge in [-0.3, -0.25) is 0 Å². The molecule has 17 heavy (non-hydrogen) atoms. The van der Waals surface area contributed by atoms with Crippen LogP contribution in [0, 0.1) is 6.92 Å². The average Bonchev–Trinajstić information content (AvgIpc) is 2.99. The number of thiazole rings is 1. The van der Waals surface area contributed by atoms with Crippen molar-refractivity contribution in [2.75, 3.05) is 0 Å². The molecule has 0 aliphatic rings. The fourth-order valence-corrected chi connectivity index (χ4v) is 3.63. The van der Waals surface area contributed by atoms with Crippen LogP contribution in [0.5, 0.6) is 0 Å². The third kappa shape index (κ3) is 2.04.